The van der Waals surface area contributed by atoms with E-state index in [-0.39, 0.29) is 11.9 Å². The van der Waals surface area contributed by atoms with Crippen molar-refractivity contribution in [1.29, 1.82) is 0 Å². The lowest BCUT2D eigenvalue weighted by Crippen LogP contribution is -2.18. The SMILES string of the molecule is CCCCCCCC(CC(CC)CCCC)C(=O)O.CCCCCCCCOC(=O)CCCCCCCC. The molecule has 0 aromatic heterocycles. The summed E-state index contributed by atoms with van der Waals surface area (Å²) in [6, 6.07) is 0. The number of carbonyl (C=O) groups excluding carboxylic acids is 1. The third-order valence-corrected chi connectivity index (χ3v) is 7.66. The van der Waals surface area contributed by atoms with Gasteiger partial charge in [0.2, 0.25) is 0 Å². The average molecular weight is 541 g/mol. The van der Waals surface area contributed by atoms with Crippen LogP contribution in [0.25, 0.3) is 0 Å². The first-order valence-electron chi connectivity index (χ1n) is 16.8. The van der Waals surface area contributed by atoms with Crippen molar-refractivity contribution in [3.63, 3.8) is 0 Å². The highest BCUT2D eigenvalue weighted by atomic mass is 16.5. The van der Waals surface area contributed by atoms with Gasteiger partial charge in [0.05, 0.1) is 12.5 Å². The lowest BCUT2D eigenvalue weighted by atomic mass is 9.86. The number of carboxylic acids is 1. The molecule has 2 atom stereocenters. The van der Waals surface area contributed by atoms with Crippen LogP contribution >= 0.6 is 0 Å². The summed E-state index contributed by atoms with van der Waals surface area (Å²) in [5, 5.41) is 9.35. The van der Waals surface area contributed by atoms with Crippen LogP contribution in [0.15, 0.2) is 0 Å². The van der Waals surface area contributed by atoms with Crippen LogP contribution in [0, 0.1) is 11.8 Å². The molecule has 0 rings (SSSR count). The molecule has 38 heavy (non-hydrogen) atoms. The molecule has 1 N–H and O–H groups in total. The quantitative estimate of drug-likeness (QED) is 0.0831. The minimum Gasteiger partial charge on any atom is -0.481 e. The third-order valence-electron chi connectivity index (χ3n) is 7.66. The molecule has 0 spiro atoms. The number of carbonyl (C=O) groups is 2. The van der Waals surface area contributed by atoms with E-state index >= 15 is 0 Å². The van der Waals surface area contributed by atoms with Crippen LogP contribution in [0.4, 0.5) is 0 Å². The minimum absolute atomic E-state index is 0.00375. The van der Waals surface area contributed by atoms with Gasteiger partial charge in [-0.15, -0.1) is 0 Å². The molecule has 0 bridgehead atoms. The van der Waals surface area contributed by atoms with E-state index in [1.54, 1.807) is 0 Å². The summed E-state index contributed by atoms with van der Waals surface area (Å²) in [5.41, 5.74) is 0. The van der Waals surface area contributed by atoms with Crippen LogP contribution in [0.1, 0.15) is 189 Å². The molecule has 0 saturated heterocycles. The van der Waals surface area contributed by atoms with Crippen molar-refractivity contribution in [3.05, 3.63) is 0 Å². The van der Waals surface area contributed by atoms with E-state index in [9.17, 15) is 14.7 Å². The predicted octanol–water partition coefficient (Wildman–Crippen LogP) is 11.3. The van der Waals surface area contributed by atoms with E-state index in [1.807, 2.05) is 0 Å². The number of rotatable bonds is 27. The summed E-state index contributed by atoms with van der Waals surface area (Å²) < 4.78 is 5.24. The van der Waals surface area contributed by atoms with Crippen LogP contribution in [-0.4, -0.2) is 23.7 Å². The van der Waals surface area contributed by atoms with E-state index in [0.717, 1.165) is 38.5 Å². The largest absolute Gasteiger partial charge is 0.481 e. The first kappa shape index (κ1) is 39.1. The highest BCUT2D eigenvalue weighted by Gasteiger charge is 2.21. The first-order valence-corrected chi connectivity index (χ1v) is 16.8. The lowest BCUT2D eigenvalue weighted by molar-refractivity contribution is -0.144. The van der Waals surface area contributed by atoms with Crippen molar-refractivity contribution < 1.29 is 19.4 Å². The second kappa shape index (κ2) is 32.2. The molecule has 0 fully saturated rings. The molecular formula is C34H68O4. The number of ether oxygens (including phenoxy) is 1. The molecule has 0 saturated carbocycles. The number of aliphatic carboxylic acids is 1. The maximum Gasteiger partial charge on any atom is 0.306 e. The Balaban J connectivity index is 0. The fourth-order valence-corrected chi connectivity index (χ4v) is 4.91. The molecule has 4 nitrogen and oxygen atoms in total. The van der Waals surface area contributed by atoms with Crippen LogP contribution in [0.3, 0.4) is 0 Å². The average Bonchev–Trinajstić information content (AvgIpc) is 2.91. The zero-order valence-corrected chi connectivity index (χ0v) is 26.5. The lowest BCUT2D eigenvalue weighted by Gasteiger charge is -2.19. The molecule has 0 aliphatic carbocycles. The Kier molecular flexibility index (Phi) is 33.1. The maximum atomic E-state index is 11.4. The van der Waals surface area contributed by atoms with Crippen molar-refractivity contribution in [2.75, 3.05) is 6.61 Å². The Bertz CT molecular complexity index is 491. The number of hydrogen-bond acceptors (Lipinski definition) is 3. The summed E-state index contributed by atoms with van der Waals surface area (Å²) >= 11 is 0. The van der Waals surface area contributed by atoms with Crippen LogP contribution < -0.4 is 0 Å². The van der Waals surface area contributed by atoms with Gasteiger partial charge in [-0.05, 0) is 31.6 Å². The second-order valence-electron chi connectivity index (χ2n) is 11.4. The monoisotopic (exact) mass is 541 g/mol. The highest BCUT2D eigenvalue weighted by Crippen LogP contribution is 2.25. The normalized spacial score (nSPS) is 12.4. The Morgan fingerprint density at radius 1 is 0.579 bits per heavy atom. The summed E-state index contributed by atoms with van der Waals surface area (Å²) in [5.74, 6) is -0.0744. The van der Waals surface area contributed by atoms with Crippen molar-refractivity contribution in [1.82, 2.24) is 0 Å². The summed E-state index contributed by atoms with van der Waals surface area (Å²) in [4.78, 5) is 22.8. The molecule has 2 unspecified atom stereocenters. The van der Waals surface area contributed by atoms with E-state index in [2.05, 4.69) is 34.6 Å². The Labute approximate surface area is 238 Å². The van der Waals surface area contributed by atoms with Crippen LogP contribution in [0.2, 0.25) is 0 Å². The fraction of sp³-hybridized carbons (Fsp3) is 0.941. The molecule has 4 heteroatoms. The molecule has 0 aromatic carbocycles. The van der Waals surface area contributed by atoms with Gasteiger partial charge in [0.25, 0.3) is 0 Å². The number of unbranched alkanes of at least 4 members (excludes halogenated alkanes) is 15. The standard InChI is InChI=1S/2C17H34O2/c1-4-7-9-10-11-13-16(17(18)19)14-15(6-3)12-8-5-2;1-3-5-7-9-11-13-15-17(18)19-16-14-12-10-8-6-4-2/h15-16H,4-14H2,1-3H3,(H,18,19);3-16H2,1-2H3. The van der Waals surface area contributed by atoms with Crippen molar-refractivity contribution in [2.24, 2.45) is 11.8 Å². The van der Waals surface area contributed by atoms with Gasteiger partial charge in [0.15, 0.2) is 0 Å². The molecule has 0 aliphatic heterocycles. The zero-order valence-electron chi connectivity index (χ0n) is 26.5. The molecular weight excluding hydrogens is 472 g/mol. The minimum atomic E-state index is -0.578. The second-order valence-corrected chi connectivity index (χ2v) is 11.4. The van der Waals surface area contributed by atoms with Gasteiger partial charge in [0, 0.05) is 6.42 Å². The van der Waals surface area contributed by atoms with Crippen LogP contribution in [-0.2, 0) is 14.3 Å². The summed E-state index contributed by atoms with van der Waals surface area (Å²) in [6.07, 6.45) is 28.0. The molecule has 0 aromatic rings. The number of esters is 1. The van der Waals surface area contributed by atoms with Crippen molar-refractivity contribution in [2.45, 2.75) is 189 Å². The summed E-state index contributed by atoms with van der Waals surface area (Å²) in [6.45, 7) is 11.7. The van der Waals surface area contributed by atoms with E-state index < -0.39 is 5.97 Å². The van der Waals surface area contributed by atoms with E-state index in [1.165, 1.54) is 109 Å². The molecule has 0 heterocycles. The summed E-state index contributed by atoms with van der Waals surface area (Å²) in [7, 11) is 0. The van der Waals surface area contributed by atoms with Crippen LogP contribution in [0.5, 0.6) is 0 Å². The van der Waals surface area contributed by atoms with E-state index in [4.69, 9.17) is 4.74 Å². The molecule has 0 aliphatic rings. The van der Waals surface area contributed by atoms with E-state index in [0.29, 0.717) is 18.9 Å². The molecule has 0 amide bonds. The Hall–Kier alpha value is -1.06. The van der Waals surface area contributed by atoms with Gasteiger partial charge in [0.1, 0.15) is 0 Å². The van der Waals surface area contributed by atoms with Gasteiger partial charge in [-0.25, -0.2) is 0 Å². The fourth-order valence-electron chi connectivity index (χ4n) is 4.91. The van der Waals surface area contributed by atoms with Gasteiger partial charge < -0.3 is 9.84 Å². The van der Waals surface area contributed by atoms with Gasteiger partial charge in [-0.1, -0.05) is 157 Å². The maximum absolute atomic E-state index is 11.4. The highest BCUT2D eigenvalue weighted by molar-refractivity contribution is 5.70. The van der Waals surface area contributed by atoms with Crippen molar-refractivity contribution >= 4 is 11.9 Å². The number of carboxylic acid groups (broad SMARTS) is 1. The van der Waals surface area contributed by atoms with Gasteiger partial charge in [-0.3, -0.25) is 9.59 Å². The van der Waals surface area contributed by atoms with Crippen molar-refractivity contribution in [3.8, 4) is 0 Å². The third kappa shape index (κ3) is 29.5. The molecule has 0 radical (unpaired) electrons. The van der Waals surface area contributed by atoms with Gasteiger partial charge in [-0.2, -0.15) is 0 Å². The Morgan fingerprint density at radius 3 is 1.55 bits per heavy atom. The number of hydrogen-bond donors (Lipinski definition) is 1. The zero-order chi connectivity index (χ0) is 28.7. The Morgan fingerprint density at radius 2 is 1.05 bits per heavy atom. The van der Waals surface area contributed by atoms with Gasteiger partial charge >= 0.3 is 11.9 Å². The smallest absolute Gasteiger partial charge is 0.306 e. The first-order chi connectivity index (χ1) is 18.5. The topological polar surface area (TPSA) is 63.6 Å². The predicted molar refractivity (Wildman–Crippen MR) is 165 cm³/mol. The molecule has 228 valence electrons.